The van der Waals surface area contributed by atoms with E-state index in [2.05, 4.69) is 44.8 Å². The second-order valence-electron chi connectivity index (χ2n) is 7.82. The van der Waals surface area contributed by atoms with Crippen LogP contribution in [0.1, 0.15) is 41.3 Å². The Balaban J connectivity index is 1.35. The van der Waals surface area contributed by atoms with Gasteiger partial charge in [-0.05, 0) is 77.7 Å². The maximum Gasteiger partial charge on any atom is 0.255 e. The van der Waals surface area contributed by atoms with Crippen LogP contribution in [0.3, 0.4) is 0 Å². The fraction of sp³-hybridized carbons (Fsp3) is 0.364. The smallest absolute Gasteiger partial charge is 0.255 e. The van der Waals surface area contributed by atoms with Gasteiger partial charge in [0, 0.05) is 17.8 Å². The molecule has 4 rings (SSSR count). The molecule has 1 aliphatic rings. The summed E-state index contributed by atoms with van der Waals surface area (Å²) < 4.78 is 1.64. The van der Waals surface area contributed by atoms with Gasteiger partial charge in [0.25, 0.3) is 5.91 Å². The Hall–Kier alpha value is -3.06. The highest BCUT2D eigenvalue weighted by molar-refractivity contribution is 6.04. The number of hydrogen-bond acceptors (Lipinski definition) is 5. The number of aromatic nitrogens is 4. The van der Waals surface area contributed by atoms with Crippen molar-refractivity contribution in [3.05, 3.63) is 71.5 Å². The maximum absolute atomic E-state index is 12.6. The van der Waals surface area contributed by atoms with Crippen molar-refractivity contribution in [2.45, 2.75) is 32.9 Å². The van der Waals surface area contributed by atoms with Crippen molar-refractivity contribution < 1.29 is 4.79 Å². The maximum atomic E-state index is 12.6. The first kappa shape index (κ1) is 19.3. The molecule has 29 heavy (non-hydrogen) atoms. The van der Waals surface area contributed by atoms with E-state index in [4.69, 9.17) is 0 Å². The summed E-state index contributed by atoms with van der Waals surface area (Å²) in [5, 5.41) is 14.1. The molecule has 1 aliphatic heterocycles. The molecule has 1 fully saturated rings. The quantitative estimate of drug-likeness (QED) is 0.699. The number of carbonyl (C=O) groups excluding carboxylic acids is 1. The number of carbonyl (C=O) groups is 1. The number of piperidine rings is 1. The predicted molar refractivity (Wildman–Crippen MR) is 111 cm³/mol. The van der Waals surface area contributed by atoms with E-state index in [1.54, 1.807) is 11.0 Å². The van der Waals surface area contributed by atoms with Crippen molar-refractivity contribution in [2.24, 2.45) is 5.92 Å². The lowest BCUT2D eigenvalue weighted by Crippen LogP contribution is -2.32. The van der Waals surface area contributed by atoms with Gasteiger partial charge in [-0.25, -0.2) is 4.68 Å². The van der Waals surface area contributed by atoms with E-state index >= 15 is 0 Å². The number of anilines is 1. The minimum atomic E-state index is -0.108. The zero-order valence-electron chi connectivity index (χ0n) is 16.7. The molecule has 7 nitrogen and oxygen atoms in total. The Morgan fingerprint density at radius 3 is 2.59 bits per heavy atom. The molecular formula is C22H26N6O. The average molecular weight is 390 g/mol. The van der Waals surface area contributed by atoms with E-state index in [9.17, 15) is 4.79 Å². The lowest BCUT2D eigenvalue weighted by Gasteiger charge is -2.30. The summed E-state index contributed by atoms with van der Waals surface area (Å²) in [5.74, 6) is 0.721. The van der Waals surface area contributed by atoms with Gasteiger partial charge in [-0.1, -0.05) is 31.2 Å². The van der Waals surface area contributed by atoms with Crippen molar-refractivity contribution in [1.29, 1.82) is 0 Å². The molecule has 2 heterocycles. The van der Waals surface area contributed by atoms with Crippen molar-refractivity contribution in [1.82, 2.24) is 25.1 Å². The van der Waals surface area contributed by atoms with Gasteiger partial charge >= 0.3 is 0 Å². The third kappa shape index (κ3) is 5.26. The summed E-state index contributed by atoms with van der Waals surface area (Å²) in [6, 6.07) is 15.6. The third-order valence-corrected chi connectivity index (χ3v) is 5.42. The fourth-order valence-corrected chi connectivity index (χ4v) is 3.63. The Labute approximate surface area is 170 Å². The van der Waals surface area contributed by atoms with Crippen LogP contribution in [0, 0.1) is 5.92 Å². The van der Waals surface area contributed by atoms with Crippen LogP contribution in [0.4, 0.5) is 5.69 Å². The van der Waals surface area contributed by atoms with Crippen LogP contribution in [0.25, 0.3) is 0 Å². The molecule has 1 aromatic heterocycles. The van der Waals surface area contributed by atoms with Gasteiger partial charge in [0.05, 0.1) is 6.54 Å². The molecule has 0 saturated carbocycles. The molecule has 0 radical (unpaired) electrons. The van der Waals surface area contributed by atoms with Crippen LogP contribution >= 0.6 is 0 Å². The minimum Gasteiger partial charge on any atom is -0.322 e. The highest BCUT2D eigenvalue weighted by atomic mass is 16.1. The van der Waals surface area contributed by atoms with Crippen LogP contribution in [-0.2, 0) is 13.1 Å². The summed E-state index contributed by atoms with van der Waals surface area (Å²) in [6.45, 7) is 6.13. The number of tetrazole rings is 1. The standard InChI is InChI=1S/C22H26N6O/c1-17-9-11-27(12-10-17)14-19-3-2-4-21(13-19)24-22(29)20-7-5-18(6-8-20)15-28-16-23-25-26-28/h2-8,13,16-17H,9-12,14-15H2,1H3,(H,24,29). The number of likely N-dealkylation sites (tertiary alicyclic amines) is 1. The van der Waals surface area contributed by atoms with E-state index in [1.165, 1.54) is 18.4 Å². The fourth-order valence-electron chi connectivity index (χ4n) is 3.63. The highest BCUT2D eigenvalue weighted by Crippen LogP contribution is 2.20. The van der Waals surface area contributed by atoms with Crippen LogP contribution in [0.15, 0.2) is 54.9 Å². The van der Waals surface area contributed by atoms with Gasteiger partial charge in [0.15, 0.2) is 0 Å². The molecule has 1 saturated heterocycles. The molecule has 7 heteroatoms. The lowest BCUT2D eigenvalue weighted by atomic mass is 9.99. The van der Waals surface area contributed by atoms with E-state index in [0.717, 1.165) is 36.8 Å². The van der Waals surface area contributed by atoms with Gasteiger partial charge in [-0.3, -0.25) is 9.69 Å². The highest BCUT2D eigenvalue weighted by Gasteiger charge is 2.16. The topological polar surface area (TPSA) is 75.9 Å². The van der Waals surface area contributed by atoms with Crippen LogP contribution < -0.4 is 5.32 Å². The number of rotatable bonds is 6. The molecule has 0 bridgehead atoms. The van der Waals surface area contributed by atoms with Crippen LogP contribution in [-0.4, -0.2) is 44.1 Å². The van der Waals surface area contributed by atoms with Gasteiger partial charge < -0.3 is 5.32 Å². The first-order valence-electron chi connectivity index (χ1n) is 10.1. The van der Waals surface area contributed by atoms with E-state index in [-0.39, 0.29) is 5.91 Å². The molecule has 0 unspecified atom stereocenters. The minimum absolute atomic E-state index is 0.108. The molecule has 0 atom stereocenters. The van der Waals surface area contributed by atoms with Crippen LogP contribution in [0.2, 0.25) is 0 Å². The third-order valence-electron chi connectivity index (χ3n) is 5.42. The number of benzene rings is 2. The SMILES string of the molecule is CC1CCN(Cc2cccc(NC(=O)c3ccc(Cn4cnnn4)cc3)c2)CC1. The molecule has 2 aromatic carbocycles. The van der Waals surface area contributed by atoms with E-state index < -0.39 is 0 Å². The molecule has 150 valence electrons. The van der Waals surface area contributed by atoms with Crippen LogP contribution in [0.5, 0.6) is 0 Å². The van der Waals surface area contributed by atoms with E-state index in [0.29, 0.717) is 12.1 Å². The Morgan fingerprint density at radius 1 is 1.07 bits per heavy atom. The zero-order chi connectivity index (χ0) is 20.1. The summed E-state index contributed by atoms with van der Waals surface area (Å²) in [5.41, 5.74) is 3.72. The number of nitrogens with one attached hydrogen (secondary N) is 1. The number of amides is 1. The first-order valence-corrected chi connectivity index (χ1v) is 10.1. The van der Waals surface area contributed by atoms with Gasteiger partial charge in [-0.15, -0.1) is 5.10 Å². The average Bonchev–Trinajstić information content (AvgIpc) is 3.24. The van der Waals surface area contributed by atoms with Crippen molar-refractivity contribution in [2.75, 3.05) is 18.4 Å². The lowest BCUT2D eigenvalue weighted by molar-refractivity contribution is 0.102. The van der Waals surface area contributed by atoms with Gasteiger partial charge in [-0.2, -0.15) is 0 Å². The molecule has 3 aromatic rings. The van der Waals surface area contributed by atoms with Crippen molar-refractivity contribution in [3.63, 3.8) is 0 Å². The monoisotopic (exact) mass is 390 g/mol. The Bertz CT molecular complexity index is 930. The number of hydrogen-bond donors (Lipinski definition) is 1. The first-order chi connectivity index (χ1) is 14.2. The molecule has 0 spiro atoms. The van der Waals surface area contributed by atoms with Crippen molar-refractivity contribution >= 4 is 11.6 Å². The Kier molecular flexibility index (Phi) is 5.95. The molecule has 1 amide bonds. The summed E-state index contributed by atoms with van der Waals surface area (Å²) >= 11 is 0. The number of nitrogens with zero attached hydrogens (tertiary/aromatic N) is 5. The molecular weight excluding hydrogens is 364 g/mol. The zero-order valence-corrected chi connectivity index (χ0v) is 16.7. The van der Waals surface area contributed by atoms with E-state index in [1.807, 2.05) is 36.4 Å². The summed E-state index contributed by atoms with van der Waals surface area (Å²) in [7, 11) is 0. The summed E-state index contributed by atoms with van der Waals surface area (Å²) in [6.07, 6.45) is 4.10. The molecule has 1 N–H and O–H groups in total. The largest absolute Gasteiger partial charge is 0.322 e. The Morgan fingerprint density at radius 2 is 1.86 bits per heavy atom. The predicted octanol–water partition coefficient (Wildman–Crippen LogP) is 3.21. The normalized spacial score (nSPS) is 15.3. The van der Waals surface area contributed by atoms with Crippen molar-refractivity contribution in [3.8, 4) is 0 Å². The summed E-state index contributed by atoms with van der Waals surface area (Å²) in [4.78, 5) is 15.1. The second kappa shape index (κ2) is 8.96. The van der Waals surface area contributed by atoms with Gasteiger partial charge in [0.2, 0.25) is 0 Å². The molecule has 0 aliphatic carbocycles. The van der Waals surface area contributed by atoms with Gasteiger partial charge in [0.1, 0.15) is 6.33 Å². The second-order valence-corrected chi connectivity index (χ2v) is 7.82.